The molecule has 1 aliphatic heterocycles. The predicted molar refractivity (Wildman–Crippen MR) is 82.3 cm³/mol. The standard InChI is InChI=1S/C15H20N4O4/c1-21-12-3-2-6-19(10-12)7-8-22-11-4-5-13(16-9-11)14-17-15(20)23-18-14/h4-5,9,12H,2-3,6-8,10H2,1H3,(H,17,18,20). The summed E-state index contributed by atoms with van der Waals surface area (Å²) in [6, 6.07) is 3.52. The molecule has 8 heteroatoms. The highest BCUT2D eigenvalue weighted by Crippen LogP contribution is 2.16. The molecule has 1 saturated heterocycles. The van der Waals surface area contributed by atoms with E-state index >= 15 is 0 Å². The Hall–Kier alpha value is -2.19. The van der Waals surface area contributed by atoms with Gasteiger partial charge in [0.2, 0.25) is 5.82 Å². The van der Waals surface area contributed by atoms with Gasteiger partial charge >= 0.3 is 5.76 Å². The first-order valence-electron chi connectivity index (χ1n) is 7.65. The quantitative estimate of drug-likeness (QED) is 0.845. The fourth-order valence-electron chi connectivity index (χ4n) is 2.65. The second-order valence-corrected chi connectivity index (χ2v) is 5.47. The lowest BCUT2D eigenvalue weighted by Gasteiger charge is -2.31. The number of pyridine rings is 1. The first kappa shape index (κ1) is 15.7. The zero-order chi connectivity index (χ0) is 16.1. The maximum atomic E-state index is 10.9. The molecule has 124 valence electrons. The third kappa shape index (κ3) is 4.17. The normalized spacial score (nSPS) is 18.9. The van der Waals surface area contributed by atoms with Crippen molar-refractivity contribution in [3.63, 3.8) is 0 Å². The number of hydrogen-bond acceptors (Lipinski definition) is 7. The van der Waals surface area contributed by atoms with Crippen LogP contribution in [-0.2, 0) is 4.74 Å². The van der Waals surface area contributed by atoms with Crippen LogP contribution in [0.2, 0.25) is 0 Å². The summed E-state index contributed by atoms with van der Waals surface area (Å²) in [6.45, 7) is 3.49. The maximum Gasteiger partial charge on any atom is 0.439 e. The van der Waals surface area contributed by atoms with Gasteiger partial charge in [-0.05, 0) is 31.5 Å². The van der Waals surface area contributed by atoms with Crippen molar-refractivity contribution in [2.45, 2.75) is 18.9 Å². The Bertz CT molecular complexity index is 667. The molecule has 0 spiro atoms. The molecule has 0 aliphatic carbocycles. The van der Waals surface area contributed by atoms with Crippen LogP contribution in [0.3, 0.4) is 0 Å². The number of likely N-dealkylation sites (tertiary alicyclic amines) is 1. The first-order valence-corrected chi connectivity index (χ1v) is 7.65. The highest BCUT2D eigenvalue weighted by Gasteiger charge is 2.18. The number of aromatic nitrogens is 3. The third-order valence-electron chi connectivity index (χ3n) is 3.89. The smallest absolute Gasteiger partial charge is 0.439 e. The van der Waals surface area contributed by atoms with Gasteiger partial charge in [0.25, 0.3) is 0 Å². The summed E-state index contributed by atoms with van der Waals surface area (Å²) >= 11 is 0. The van der Waals surface area contributed by atoms with Gasteiger partial charge in [-0.3, -0.25) is 14.4 Å². The molecule has 0 radical (unpaired) electrons. The van der Waals surface area contributed by atoms with Crippen LogP contribution in [0, 0.1) is 0 Å². The van der Waals surface area contributed by atoms with E-state index in [0.29, 0.717) is 30.0 Å². The molecule has 1 fully saturated rings. The van der Waals surface area contributed by atoms with Crippen LogP contribution in [0.25, 0.3) is 11.5 Å². The van der Waals surface area contributed by atoms with E-state index in [2.05, 4.69) is 24.5 Å². The van der Waals surface area contributed by atoms with Gasteiger partial charge in [-0.25, -0.2) is 9.78 Å². The second-order valence-electron chi connectivity index (χ2n) is 5.47. The second kappa shape index (κ2) is 7.38. The summed E-state index contributed by atoms with van der Waals surface area (Å²) < 4.78 is 15.6. The summed E-state index contributed by atoms with van der Waals surface area (Å²) in [5.74, 6) is 0.387. The zero-order valence-corrected chi connectivity index (χ0v) is 13.0. The van der Waals surface area contributed by atoms with Crippen molar-refractivity contribution in [1.29, 1.82) is 0 Å². The van der Waals surface area contributed by atoms with E-state index < -0.39 is 5.76 Å². The fourth-order valence-corrected chi connectivity index (χ4v) is 2.65. The van der Waals surface area contributed by atoms with Crippen LogP contribution in [0.1, 0.15) is 12.8 Å². The van der Waals surface area contributed by atoms with Crippen molar-refractivity contribution in [1.82, 2.24) is 20.0 Å². The minimum atomic E-state index is -0.599. The molecule has 0 bridgehead atoms. The predicted octanol–water partition coefficient (Wildman–Crippen LogP) is 0.914. The lowest BCUT2D eigenvalue weighted by Crippen LogP contribution is -2.41. The lowest BCUT2D eigenvalue weighted by atomic mass is 10.1. The van der Waals surface area contributed by atoms with Gasteiger partial charge in [0.15, 0.2) is 0 Å². The molecule has 0 aromatic carbocycles. The molecule has 1 unspecified atom stereocenters. The number of methoxy groups -OCH3 is 1. The third-order valence-corrected chi connectivity index (χ3v) is 3.89. The SMILES string of the molecule is COC1CCCN(CCOc2ccc(-c3noc(=O)[nH]3)nc2)C1. The van der Waals surface area contributed by atoms with Crippen LogP contribution < -0.4 is 10.5 Å². The molecular weight excluding hydrogens is 300 g/mol. The van der Waals surface area contributed by atoms with E-state index in [4.69, 9.17) is 9.47 Å². The minimum Gasteiger partial charge on any atom is -0.491 e. The molecule has 23 heavy (non-hydrogen) atoms. The molecule has 3 rings (SSSR count). The summed E-state index contributed by atoms with van der Waals surface area (Å²) in [5.41, 5.74) is 0.530. The van der Waals surface area contributed by atoms with Crippen molar-refractivity contribution in [2.24, 2.45) is 0 Å². The van der Waals surface area contributed by atoms with Crippen molar-refractivity contribution in [3.8, 4) is 17.3 Å². The van der Waals surface area contributed by atoms with Gasteiger partial charge in [-0.1, -0.05) is 5.16 Å². The molecule has 1 aliphatic rings. The van der Waals surface area contributed by atoms with Crippen molar-refractivity contribution >= 4 is 0 Å². The van der Waals surface area contributed by atoms with E-state index in [-0.39, 0.29) is 0 Å². The van der Waals surface area contributed by atoms with E-state index in [1.807, 2.05) is 0 Å². The summed E-state index contributed by atoms with van der Waals surface area (Å²) in [6.07, 6.45) is 4.22. The number of aromatic amines is 1. The number of nitrogens with one attached hydrogen (secondary N) is 1. The Morgan fingerprint density at radius 2 is 2.39 bits per heavy atom. The largest absolute Gasteiger partial charge is 0.491 e. The Morgan fingerprint density at radius 1 is 1.48 bits per heavy atom. The van der Waals surface area contributed by atoms with Gasteiger partial charge in [0, 0.05) is 20.2 Å². The van der Waals surface area contributed by atoms with Gasteiger partial charge in [0.05, 0.1) is 12.3 Å². The Labute approximate surface area is 133 Å². The van der Waals surface area contributed by atoms with Gasteiger partial charge in [0.1, 0.15) is 18.1 Å². The monoisotopic (exact) mass is 320 g/mol. The number of ether oxygens (including phenoxy) is 2. The first-order chi connectivity index (χ1) is 11.2. The van der Waals surface area contributed by atoms with E-state index in [1.54, 1.807) is 25.4 Å². The summed E-state index contributed by atoms with van der Waals surface area (Å²) in [5, 5.41) is 3.59. The van der Waals surface area contributed by atoms with Gasteiger partial charge in [-0.2, -0.15) is 0 Å². The number of piperidine rings is 1. The molecule has 1 N–H and O–H groups in total. The van der Waals surface area contributed by atoms with Crippen molar-refractivity contribution in [2.75, 3.05) is 33.4 Å². The van der Waals surface area contributed by atoms with E-state index in [9.17, 15) is 4.79 Å². The molecule has 1 atom stereocenters. The van der Waals surface area contributed by atoms with Gasteiger partial charge < -0.3 is 9.47 Å². The Kier molecular flexibility index (Phi) is 5.04. The van der Waals surface area contributed by atoms with Crippen molar-refractivity contribution < 1.29 is 14.0 Å². The molecule has 2 aromatic rings. The van der Waals surface area contributed by atoms with Crippen LogP contribution in [0.5, 0.6) is 5.75 Å². The molecule has 0 amide bonds. The van der Waals surface area contributed by atoms with Crippen LogP contribution in [-0.4, -0.2) is 59.5 Å². The minimum absolute atomic E-state index is 0.306. The van der Waals surface area contributed by atoms with E-state index in [1.165, 1.54) is 0 Å². The fraction of sp³-hybridized carbons (Fsp3) is 0.533. The van der Waals surface area contributed by atoms with Crippen LogP contribution in [0.15, 0.2) is 27.6 Å². The lowest BCUT2D eigenvalue weighted by molar-refractivity contribution is 0.0272. The molecular formula is C15H20N4O4. The zero-order valence-electron chi connectivity index (χ0n) is 13.0. The van der Waals surface area contributed by atoms with Crippen LogP contribution in [0.4, 0.5) is 0 Å². The Balaban J connectivity index is 1.48. The van der Waals surface area contributed by atoms with E-state index in [0.717, 1.165) is 32.5 Å². The molecule has 3 heterocycles. The average molecular weight is 320 g/mol. The topological polar surface area (TPSA) is 93.5 Å². The number of rotatable bonds is 6. The molecule has 0 saturated carbocycles. The molecule has 8 nitrogen and oxygen atoms in total. The maximum absolute atomic E-state index is 10.9. The number of nitrogens with zero attached hydrogens (tertiary/aromatic N) is 3. The van der Waals surface area contributed by atoms with Crippen LogP contribution >= 0.6 is 0 Å². The highest BCUT2D eigenvalue weighted by molar-refractivity contribution is 5.48. The Morgan fingerprint density at radius 3 is 3.09 bits per heavy atom. The summed E-state index contributed by atoms with van der Waals surface area (Å²) in [7, 11) is 1.76. The highest BCUT2D eigenvalue weighted by atomic mass is 16.5. The summed E-state index contributed by atoms with van der Waals surface area (Å²) in [4.78, 5) is 19.9. The molecule has 2 aromatic heterocycles. The van der Waals surface area contributed by atoms with Gasteiger partial charge in [-0.15, -0.1) is 0 Å². The number of hydrogen-bond donors (Lipinski definition) is 1. The average Bonchev–Trinajstić information content (AvgIpc) is 3.02. The van der Waals surface area contributed by atoms with Crippen molar-refractivity contribution in [3.05, 3.63) is 28.9 Å². The number of H-pyrrole nitrogens is 1.